The molecule has 4 heteroatoms. The third kappa shape index (κ3) is 2.74. The van der Waals surface area contributed by atoms with Gasteiger partial charge in [0.2, 0.25) is 0 Å². The molecule has 0 aliphatic rings. The van der Waals surface area contributed by atoms with E-state index in [0.29, 0.717) is 4.28 Å². The summed E-state index contributed by atoms with van der Waals surface area (Å²) >= 11 is 0. The highest BCUT2D eigenvalue weighted by Crippen LogP contribution is 2.48. The van der Waals surface area contributed by atoms with E-state index in [9.17, 15) is 0 Å². The fraction of sp³-hybridized carbons (Fsp3) is 0.688. The van der Waals surface area contributed by atoms with Crippen molar-refractivity contribution in [1.82, 2.24) is 4.98 Å². The zero-order valence-electron chi connectivity index (χ0n) is 15.2. The minimum Gasteiger partial charge on any atom is -0.259 e. The fourth-order valence-corrected chi connectivity index (χ4v) is 35.0. The minimum atomic E-state index is -1.41. The van der Waals surface area contributed by atoms with E-state index < -0.39 is 24.2 Å². The van der Waals surface area contributed by atoms with E-state index in [4.69, 9.17) is 4.98 Å². The lowest BCUT2D eigenvalue weighted by atomic mass is 10.3. The highest BCUT2D eigenvalue weighted by molar-refractivity contribution is 7.14. The topological polar surface area (TPSA) is 12.9 Å². The molecule has 0 atom stereocenters. The van der Waals surface area contributed by atoms with Crippen LogP contribution in [-0.4, -0.2) is 29.2 Å². The van der Waals surface area contributed by atoms with Crippen LogP contribution in [0.25, 0.3) is 0 Å². The summed E-state index contributed by atoms with van der Waals surface area (Å²) in [6, 6.07) is 6.67. The van der Waals surface area contributed by atoms with Crippen molar-refractivity contribution in [1.29, 1.82) is 0 Å². The number of hydrogen-bond acceptors (Lipinski definition) is 1. The number of aryl methyl sites for hydroxylation is 1. The van der Waals surface area contributed by atoms with Crippen LogP contribution in [0.3, 0.4) is 0 Å². The van der Waals surface area contributed by atoms with Gasteiger partial charge < -0.3 is 0 Å². The molecule has 1 aromatic rings. The zero-order valence-corrected chi connectivity index (χ0v) is 18.2. The molecular formula is C16H33NSi3. The van der Waals surface area contributed by atoms with Crippen LogP contribution in [0.4, 0.5) is 0 Å². The lowest BCUT2D eigenvalue weighted by molar-refractivity contribution is 0.930. The molecule has 0 spiro atoms. The molecule has 0 aliphatic carbocycles. The van der Waals surface area contributed by atoms with Crippen LogP contribution in [-0.2, 0) is 4.28 Å². The van der Waals surface area contributed by atoms with E-state index in [0.717, 1.165) is 0 Å². The summed E-state index contributed by atoms with van der Waals surface area (Å²) in [6.45, 7) is 25.2. The van der Waals surface area contributed by atoms with Gasteiger partial charge in [0.25, 0.3) is 0 Å². The van der Waals surface area contributed by atoms with Crippen LogP contribution < -0.4 is 0 Å². The molecule has 1 heterocycles. The second-order valence-electron chi connectivity index (χ2n) is 9.16. The Balaban J connectivity index is 3.82. The first-order chi connectivity index (χ1) is 8.75. The molecule has 0 aliphatic heterocycles. The van der Waals surface area contributed by atoms with Crippen LogP contribution >= 0.6 is 0 Å². The van der Waals surface area contributed by atoms with E-state index >= 15 is 0 Å². The molecule has 0 radical (unpaired) electrons. The first-order valence-electron chi connectivity index (χ1n) is 7.69. The van der Waals surface area contributed by atoms with Crippen molar-refractivity contribution >= 4 is 24.2 Å². The van der Waals surface area contributed by atoms with Crippen LogP contribution in [0.1, 0.15) is 11.4 Å². The molecule has 0 bridgehead atoms. The number of rotatable bonds is 4. The number of hydrogen-bond donors (Lipinski definition) is 0. The monoisotopic (exact) mass is 323 g/mol. The van der Waals surface area contributed by atoms with Gasteiger partial charge in [-0.3, -0.25) is 4.98 Å². The summed E-state index contributed by atoms with van der Waals surface area (Å²) in [5.74, 6) is 0. The van der Waals surface area contributed by atoms with Crippen molar-refractivity contribution in [3.05, 3.63) is 29.6 Å². The average Bonchev–Trinajstić information content (AvgIpc) is 2.10. The van der Waals surface area contributed by atoms with Gasteiger partial charge in [0.1, 0.15) is 0 Å². The molecule has 0 fully saturated rings. The molecule has 0 saturated heterocycles. The van der Waals surface area contributed by atoms with Gasteiger partial charge in [-0.2, -0.15) is 0 Å². The first-order valence-corrected chi connectivity index (χ1v) is 18.2. The highest BCUT2D eigenvalue weighted by Gasteiger charge is 2.61. The SMILES string of the molecule is Cc1cccc(C([Si](C)(C)C)([Si](C)(C)C)[Si](C)(C)C)n1. The van der Waals surface area contributed by atoms with E-state index in [-0.39, 0.29) is 0 Å². The smallest absolute Gasteiger partial charge is 0.0519 e. The van der Waals surface area contributed by atoms with Crippen LogP contribution in [0.2, 0.25) is 58.9 Å². The maximum atomic E-state index is 5.05. The zero-order chi connectivity index (χ0) is 16.0. The first kappa shape index (κ1) is 17.9. The summed E-state index contributed by atoms with van der Waals surface area (Å²) in [5, 5.41) is 0. The van der Waals surface area contributed by atoms with Gasteiger partial charge >= 0.3 is 0 Å². The van der Waals surface area contributed by atoms with Crippen molar-refractivity contribution in [3.63, 3.8) is 0 Å². The second-order valence-corrected chi connectivity index (χ2v) is 26.4. The largest absolute Gasteiger partial charge is 0.259 e. The molecule has 0 amide bonds. The fourth-order valence-electron chi connectivity index (χ4n) is 5.28. The molecular weight excluding hydrogens is 290 g/mol. The van der Waals surface area contributed by atoms with Crippen molar-refractivity contribution in [2.45, 2.75) is 70.1 Å². The Labute approximate surface area is 129 Å². The Morgan fingerprint density at radius 2 is 1.15 bits per heavy atom. The molecule has 1 aromatic heterocycles. The summed E-state index contributed by atoms with van der Waals surface area (Å²) in [5.41, 5.74) is 2.58. The van der Waals surface area contributed by atoms with Gasteiger partial charge in [0.05, 0.1) is 24.2 Å². The van der Waals surface area contributed by atoms with Crippen LogP contribution in [0.5, 0.6) is 0 Å². The third-order valence-electron chi connectivity index (χ3n) is 4.65. The van der Waals surface area contributed by atoms with Crippen LogP contribution in [0.15, 0.2) is 18.2 Å². The van der Waals surface area contributed by atoms with Crippen molar-refractivity contribution in [3.8, 4) is 0 Å². The van der Waals surface area contributed by atoms with Gasteiger partial charge in [0, 0.05) is 11.4 Å². The van der Waals surface area contributed by atoms with E-state index in [1.807, 2.05) is 0 Å². The lowest BCUT2D eigenvalue weighted by Crippen LogP contribution is -2.74. The number of aromatic nitrogens is 1. The standard InChI is InChI=1S/C16H33NSi3/c1-14-12-11-13-15(17-14)16(18(2,3)4,19(5,6)7)20(8,9)10/h11-13H,1-10H3. The van der Waals surface area contributed by atoms with Gasteiger partial charge in [0.15, 0.2) is 0 Å². The Morgan fingerprint density at radius 1 is 0.750 bits per heavy atom. The summed E-state index contributed by atoms with van der Waals surface area (Å²) in [6.07, 6.45) is 0. The summed E-state index contributed by atoms with van der Waals surface area (Å²) < 4.78 is 0.402. The normalized spacial score (nSPS) is 14.5. The molecule has 1 nitrogen and oxygen atoms in total. The van der Waals surface area contributed by atoms with Crippen LogP contribution in [0, 0.1) is 6.92 Å². The molecule has 0 N–H and O–H groups in total. The average molecular weight is 324 g/mol. The van der Waals surface area contributed by atoms with Gasteiger partial charge in [-0.15, -0.1) is 0 Å². The highest BCUT2D eigenvalue weighted by atomic mass is 28.5. The summed E-state index contributed by atoms with van der Waals surface area (Å²) in [7, 11) is -4.23. The molecule has 0 saturated carbocycles. The second kappa shape index (κ2) is 5.21. The molecule has 0 unspecified atom stereocenters. The van der Waals surface area contributed by atoms with E-state index in [1.165, 1.54) is 11.4 Å². The maximum absolute atomic E-state index is 5.05. The predicted octanol–water partition coefficient (Wildman–Crippen LogP) is 5.26. The van der Waals surface area contributed by atoms with Gasteiger partial charge in [-0.1, -0.05) is 65.0 Å². The van der Waals surface area contributed by atoms with Crippen molar-refractivity contribution < 1.29 is 0 Å². The minimum absolute atomic E-state index is 0.402. The Kier molecular flexibility index (Phi) is 4.65. The lowest BCUT2D eigenvalue weighted by Gasteiger charge is -2.58. The predicted molar refractivity (Wildman–Crippen MR) is 101 cm³/mol. The maximum Gasteiger partial charge on any atom is 0.0519 e. The third-order valence-corrected chi connectivity index (χ3v) is 25.7. The van der Waals surface area contributed by atoms with Crippen molar-refractivity contribution in [2.75, 3.05) is 0 Å². The number of pyridine rings is 1. The Bertz CT molecular complexity index is 440. The molecule has 1 rings (SSSR count). The Morgan fingerprint density at radius 3 is 1.45 bits per heavy atom. The quantitative estimate of drug-likeness (QED) is 0.689. The summed E-state index contributed by atoms with van der Waals surface area (Å²) in [4.78, 5) is 5.05. The molecule has 20 heavy (non-hydrogen) atoms. The molecule has 0 aromatic carbocycles. The van der Waals surface area contributed by atoms with E-state index in [2.05, 4.69) is 84.0 Å². The Hall–Kier alpha value is -0.199. The van der Waals surface area contributed by atoms with Gasteiger partial charge in [-0.25, -0.2) is 0 Å². The number of nitrogens with zero attached hydrogens (tertiary/aromatic N) is 1. The molecule has 114 valence electrons. The van der Waals surface area contributed by atoms with Crippen molar-refractivity contribution in [2.24, 2.45) is 0 Å². The van der Waals surface area contributed by atoms with E-state index in [1.54, 1.807) is 0 Å². The van der Waals surface area contributed by atoms with Gasteiger partial charge in [-0.05, 0) is 23.3 Å².